The van der Waals surface area contributed by atoms with E-state index in [4.69, 9.17) is 4.74 Å². The third-order valence-corrected chi connectivity index (χ3v) is 2.86. The summed E-state index contributed by atoms with van der Waals surface area (Å²) in [6.45, 7) is 9.32. The Bertz CT molecular complexity index is 328. The Hall–Kier alpha value is -1.25. The third-order valence-electron chi connectivity index (χ3n) is 2.86. The number of rotatable bonds is 7. The van der Waals surface area contributed by atoms with E-state index in [9.17, 15) is 0 Å². The topological polar surface area (TPSA) is 34.1 Å². The molecule has 0 saturated heterocycles. The first-order valence-electron chi connectivity index (χ1n) is 6.52. The van der Waals surface area contributed by atoms with E-state index in [1.54, 1.807) is 0 Å². The van der Waals surface area contributed by atoms with Gasteiger partial charge in [0.1, 0.15) is 5.82 Å². The largest absolute Gasteiger partial charge is 0.478 e. The zero-order valence-electron chi connectivity index (χ0n) is 11.4. The Morgan fingerprint density at radius 1 is 1.29 bits per heavy atom. The molecule has 0 fully saturated rings. The zero-order chi connectivity index (χ0) is 12.7. The summed E-state index contributed by atoms with van der Waals surface area (Å²) in [6.07, 6.45) is 2.38. The predicted octanol–water partition coefficient (Wildman–Crippen LogP) is 3.72. The normalized spacial score (nSPS) is 14.1. The van der Waals surface area contributed by atoms with Gasteiger partial charge in [0.25, 0.3) is 0 Å². The van der Waals surface area contributed by atoms with Crippen LogP contribution in [0.3, 0.4) is 0 Å². The van der Waals surface area contributed by atoms with Crippen LogP contribution in [0.4, 0.5) is 5.82 Å². The Balaban J connectivity index is 2.52. The van der Waals surface area contributed by atoms with Gasteiger partial charge in [-0.2, -0.15) is 4.98 Å². The summed E-state index contributed by atoms with van der Waals surface area (Å²) in [5, 5.41) is 3.41. The van der Waals surface area contributed by atoms with E-state index >= 15 is 0 Å². The molecule has 0 aromatic carbocycles. The lowest BCUT2D eigenvalue weighted by Gasteiger charge is -2.18. The van der Waals surface area contributed by atoms with E-state index < -0.39 is 0 Å². The molecule has 0 bridgehead atoms. The molecule has 0 saturated carbocycles. The van der Waals surface area contributed by atoms with Crippen molar-refractivity contribution in [2.24, 2.45) is 5.92 Å². The second kappa shape index (κ2) is 7.15. The Kier molecular flexibility index (Phi) is 5.81. The van der Waals surface area contributed by atoms with Crippen molar-refractivity contribution >= 4 is 5.82 Å². The Morgan fingerprint density at radius 3 is 2.71 bits per heavy atom. The maximum Gasteiger partial charge on any atom is 0.215 e. The molecule has 0 radical (unpaired) electrons. The quantitative estimate of drug-likeness (QED) is 0.783. The molecule has 96 valence electrons. The minimum absolute atomic E-state index is 0.439. The number of nitrogens with one attached hydrogen (secondary N) is 1. The zero-order valence-corrected chi connectivity index (χ0v) is 11.4. The summed E-state index contributed by atoms with van der Waals surface area (Å²) in [7, 11) is 0. The first-order chi connectivity index (χ1) is 8.15. The fraction of sp³-hybridized carbons (Fsp3) is 0.643. The van der Waals surface area contributed by atoms with Crippen molar-refractivity contribution < 1.29 is 4.74 Å². The molecular formula is C14H24N2O. The van der Waals surface area contributed by atoms with Gasteiger partial charge in [0, 0.05) is 12.1 Å². The van der Waals surface area contributed by atoms with Crippen LogP contribution in [0.25, 0.3) is 0 Å². The number of aromatic nitrogens is 1. The van der Waals surface area contributed by atoms with Crippen LogP contribution in [0.5, 0.6) is 5.88 Å². The second-order valence-corrected chi connectivity index (χ2v) is 4.59. The van der Waals surface area contributed by atoms with Crippen molar-refractivity contribution in [1.29, 1.82) is 0 Å². The molecule has 0 spiro atoms. The van der Waals surface area contributed by atoms with Crippen LogP contribution >= 0.6 is 0 Å². The van der Waals surface area contributed by atoms with Gasteiger partial charge in [0.05, 0.1) is 6.61 Å². The van der Waals surface area contributed by atoms with Gasteiger partial charge in [-0.25, -0.2) is 0 Å². The SMILES string of the molecule is CCOc1cccc(NC(C)CC(C)CC)n1. The van der Waals surface area contributed by atoms with E-state index in [0.717, 1.165) is 18.2 Å². The van der Waals surface area contributed by atoms with Crippen LogP contribution in [0.1, 0.15) is 40.5 Å². The molecule has 0 aliphatic carbocycles. The molecule has 1 heterocycles. The number of pyridine rings is 1. The number of hydrogen-bond donors (Lipinski definition) is 1. The third kappa shape index (κ3) is 5.07. The summed E-state index contributed by atoms with van der Waals surface area (Å²) < 4.78 is 5.38. The fourth-order valence-corrected chi connectivity index (χ4v) is 1.81. The number of anilines is 1. The molecule has 1 aromatic heterocycles. The van der Waals surface area contributed by atoms with E-state index in [1.807, 2.05) is 25.1 Å². The standard InChI is InChI=1S/C14H24N2O/c1-5-11(3)10-12(4)15-13-8-7-9-14(16-13)17-6-2/h7-9,11-12H,5-6,10H2,1-4H3,(H,15,16). The molecular weight excluding hydrogens is 212 g/mol. The molecule has 0 amide bonds. The van der Waals surface area contributed by atoms with Crippen molar-refractivity contribution in [3.63, 3.8) is 0 Å². The van der Waals surface area contributed by atoms with Crippen molar-refractivity contribution in [2.45, 2.75) is 46.6 Å². The average Bonchev–Trinajstić information content (AvgIpc) is 2.29. The highest BCUT2D eigenvalue weighted by Crippen LogP contribution is 2.16. The van der Waals surface area contributed by atoms with Crippen LogP contribution in [-0.2, 0) is 0 Å². The van der Waals surface area contributed by atoms with Crippen molar-refractivity contribution in [1.82, 2.24) is 4.98 Å². The van der Waals surface area contributed by atoms with Gasteiger partial charge in [-0.15, -0.1) is 0 Å². The lowest BCUT2D eigenvalue weighted by atomic mass is 10.0. The molecule has 0 aliphatic rings. The summed E-state index contributed by atoms with van der Waals surface area (Å²) in [4.78, 5) is 4.40. The van der Waals surface area contributed by atoms with Crippen LogP contribution in [0.2, 0.25) is 0 Å². The van der Waals surface area contributed by atoms with Crippen molar-refractivity contribution in [3.05, 3.63) is 18.2 Å². The monoisotopic (exact) mass is 236 g/mol. The first-order valence-corrected chi connectivity index (χ1v) is 6.52. The maximum atomic E-state index is 5.38. The molecule has 17 heavy (non-hydrogen) atoms. The predicted molar refractivity (Wildman–Crippen MR) is 72.6 cm³/mol. The van der Waals surface area contributed by atoms with E-state index in [1.165, 1.54) is 6.42 Å². The van der Waals surface area contributed by atoms with Crippen LogP contribution in [0.15, 0.2) is 18.2 Å². The van der Waals surface area contributed by atoms with Crippen LogP contribution in [-0.4, -0.2) is 17.6 Å². The van der Waals surface area contributed by atoms with Gasteiger partial charge < -0.3 is 10.1 Å². The van der Waals surface area contributed by atoms with Crippen LogP contribution in [0, 0.1) is 5.92 Å². The molecule has 1 rings (SSSR count). The van der Waals surface area contributed by atoms with Crippen molar-refractivity contribution in [3.8, 4) is 5.88 Å². The molecule has 1 aromatic rings. The van der Waals surface area contributed by atoms with Gasteiger partial charge >= 0.3 is 0 Å². The molecule has 2 unspecified atom stereocenters. The summed E-state index contributed by atoms with van der Waals surface area (Å²) in [5.41, 5.74) is 0. The minimum atomic E-state index is 0.439. The second-order valence-electron chi connectivity index (χ2n) is 4.59. The summed E-state index contributed by atoms with van der Waals surface area (Å²) in [6, 6.07) is 6.27. The smallest absolute Gasteiger partial charge is 0.215 e. The van der Waals surface area contributed by atoms with Gasteiger partial charge in [-0.3, -0.25) is 0 Å². The minimum Gasteiger partial charge on any atom is -0.478 e. The van der Waals surface area contributed by atoms with E-state index in [2.05, 4.69) is 31.1 Å². The molecule has 0 aliphatic heterocycles. The number of hydrogen-bond acceptors (Lipinski definition) is 3. The van der Waals surface area contributed by atoms with Gasteiger partial charge in [-0.05, 0) is 32.3 Å². The van der Waals surface area contributed by atoms with Gasteiger partial charge in [0.15, 0.2) is 0 Å². The molecule has 3 nitrogen and oxygen atoms in total. The Morgan fingerprint density at radius 2 is 2.06 bits per heavy atom. The Labute approximate surface area is 105 Å². The summed E-state index contributed by atoms with van der Waals surface area (Å²) in [5.74, 6) is 2.33. The average molecular weight is 236 g/mol. The highest BCUT2D eigenvalue weighted by molar-refractivity contribution is 5.37. The molecule has 2 atom stereocenters. The maximum absolute atomic E-state index is 5.38. The van der Waals surface area contributed by atoms with Gasteiger partial charge in [0.2, 0.25) is 5.88 Å². The highest BCUT2D eigenvalue weighted by atomic mass is 16.5. The fourth-order valence-electron chi connectivity index (χ4n) is 1.81. The molecule has 1 N–H and O–H groups in total. The van der Waals surface area contributed by atoms with Gasteiger partial charge in [-0.1, -0.05) is 26.3 Å². The first kappa shape index (κ1) is 13.8. The van der Waals surface area contributed by atoms with E-state index in [-0.39, 0.29) is 0 Å². The lowest BCUT2D eigenvalue weighted by Crippen LogP contribution is -2.19. The van der Waals surface area contributed by atoms with E-state index in [0.29, 0.717) is 18.5 Å². The summed E-state index contributed by atoms with van der Waals surface area (Å²) >= 11 is 0. The lowest BCUT2D eigenvalue weighted by molar-refractivity contribution is 0.327. The number of ether oxygens (including phenoxy) is 1. The highest BCUT2D eigenvalue weighted by Gasteiger charge is 2.07. The van der Waals surface area contributed by atoms with Crippen LogP contribution < -0.4 is 10.1 Å². The van der Waals surface area contributed by atoms with Crippen molar-refractivity contribution in [2.75, 3.05) is 11.9 Å². The number of nitrogens with zero attached hydrogens (tertiary/aromatic N) is 1. The molecule has 3 heteroatoms.